The molecular weight excluding hydrogens is 617 g/mol. The first-order valence-corrected chi connectivity index (χ1v) is 16.3. The molecule has 0 aliphatic rings. The molecular formula is C41H24N2O4S. The van der Waals surface area contributed by atoms with E-state index < -0.39 is 5.63 Å². The molecule has 0 saturated heterocycles. The van der Waals surface area contributed by atoms with Crippen LogP contribution in [-0.4, -0.2) is 9.97 Å². The van der Waals surface area contributed by atoms with Crippen LogP contribution in [0.1, 0.15) is 5.56 Å². The smallest absolute Gasteiger partial charge is 0.345 e. The lowest BCUT2D eigenvalue weighted by Crippen LogP contribution is -2.04. The number of thiophene rings is 1. The van der Waals surface area contributed by atoms with Crippen LogP contribution in [-0.2, 0) is 0 Å². The summed E-state index contributed by atoms with van der Waals surface area (Å²) in [6.07, 6.45) is 0. The monoisotopic (exact) mass is 640 g/mol. The maximum absolute atomic E-state index is 13.3. The Hall–Kier alpha value is -6.18. The summed E-state index contributed by atoms with van der Waals surface area (Å²) in [5.74, 6) is 0. The molecule has 0 N–H and O–H groups in total. The van der Waals surface area contributed by atoms with Crippen LogP contribution in [0.3, 0.4) is 0 Å². The number of hydrogen-bond acceptors (Lipinski definition) is 7. The van der Waals surface area contributed by atoms with E-state index in [0.29, 0.717) is 39.4 Å². The number of benzene rings is 4. The van der Waals surface area contributed by atoms with Crippen molar-refractivity contribution >= 4 is 54.8 Å². The Morgan fingerprint density at radius 2 is 1.19 bits per heavy atom. The highest BCUT2D eigenvalue weighted by atomic mass is 32.1. The fourth-order valence-corrected chi connectivity index (χ4v) is 7.36. The van der Waals surface area contributed by atoms with Gasteiger partial charge in [0, 0.05) is 21.0 Å². The minimum Gasteiger partial charge on any atom is -0.422 e. The van der Waals surface area contributed by atoms with Gasteiger partial charge in [0.2, 0.25) is 0 Å². The Kier molecular flexibility index (Phi) is 6.42. The Bertz CT molecular complexity index is 2870. The van der Waals surface area contributed by atoms with Gasteiger partial charge in [-0.1, -0.05) is 72.8 Å². The lowest BCUT2D eigenvalue weighted by Gasteiger charge is -2.08. The predicted octanol–water partition coefficient (Wildman–Crippen LogP) is 10.0. The van der Waals surface area contributed by atoms with Crippen molar-refractivity contribution in [1.82, 2.24) is 9.97 Å². The first kappa shape index (κ1) is 28.1. The van der Waals surface area contributed by atoms with Crippen molar-refractivity contribution in [3.63, 3.8) is 0 Å². The highest BCUT2D eigenvalue weighted by Crippen LogP contribution is 2.36. The van der Waals surface area contributed by atoms with Crippen LogP contribution in [0.4, 0.5) is 0 Å². The van der Waals surface area contributed by atoms with Gasteiger partial charge in [-0.3, -0.25) is 0 Å². The molecule has 48 heavy (non-hydrogen) atoms. The lowest BCUT2D eigenvalue weighted by atomic mass is 10.0. The first-order chi connectivity index (χ1) is 23.5. The quantitative estimate of drug-likeness (QED) is 0.141. The normalized spacial score (nSPS) is 11.6. The molecule has 6 nitrogen and oxygen atoms in total. The second kappa shape index (κ2) is 11.0. The molecule has 0 amide bonds. The fraction of sp³-hybridized carbons (Fsp3) is 0.0244. The number of aryl methyl sites for hydroxylation is 1. The van der Waals surface area contributed by atoms with E-state index in [9.17, 15) is 9.59 Å². The molecule has 0 saturated carbocycles. The standard InChI is InChI=1S/C41H24N2O4S/c1-23-7-4-10-28-26(23)17-15-25-21-30(40(44)47-39(25)28)32-11-5-12-33(42-32)34-13-6-14-35(43-34)38-20-19-37(48-38)31-22-29-27-9-3-2-8-24(27)16-18-36(29)46-41(31)45/h2-22H,1H3. The van der Waals surface area contributed by atoms with E-state index in [1.165, 1.54) is 11.3 Å². The van der Waals surface area contributed by atoms with Crippen molar-refractivity contribution in [3.05, 3.63) is 154 Å². The van der Waals surface area contributed by atoms with Gasteiger partial charge in [0.15, 0.2) is 0 Å². The predicted molar refractivity (Wildman–Crippen MR) is 193 cm³/mol. The van der Waals surface area contributed by atoms with Crippen molar-refractivity contribution in [2.45, 2.75) is 6.92 Å². The summed E-state index contributed by atoms with van der Waals surface area (Å²) in [6.45, 7) is 2.04. The Labute approximate surface area is 277 Å². The van der Waals surface area contributed by atoms with Crippen molar-refractivity contribution in [1.29, 1.82) is 0 Å². The molecule has 5 heterocycles. The van der Waals surface area contributed by atoms with E-state index in [1.54, 1.807) is 6.07 Å². The number of fused-ring (bicyclic) bond motifs is 6. The molecule has 0 atom stereocenters. The molecule has 9 aromatic rings. The summed E-state index contributed by atoms with van der Waals surface area (Å²) in [6, 6.07) is 40.9. The Morgan fingerprint density at radius 3 is 2.06 bits per heavy atom. The number of rotatable bonds is 4. The van der Waals surface area contributed by atoms with E-state index in [2.05, 4.69) is 6.07 Å². The lowest BCUT2D eigenvalue weighted by molar-refractivity contribution is 0.564. The number of hydrogen-bond donors (Lipinski definition) is 0. The van der Waals surface area contributed by atoms with Crippen molar-refractivity contribution in [2.24, 2.45) is 0 Å². The van der Waals surface area contributed by atoms with Crippen molar-refractivity contribution in [2.75, 3.05) is 0 Å². The minimum atomic E-state index is -0.444. The van der Waals surface area contributed by atoms with Crippen LogP contribution in [0, 0.1) is 6.92 Å². The third kappa shape index (κ3) is 4.63. The van der Waals surface area contributed by atoms with Crippen molar-refractivity contribution < 1.29 is 8.83 Å². The molecule has 9 rings (SSSR count). The number of pyridine rings is 2. The summed E-state index contributed by atoms with van der Waals surface area (Å²) in [7, 11) is 0. The molecule has 4 aromatic carbocycles. The molecule has 0 spiro atoms. The van der Waals surface area contributed by atoms with E-state index >= 15 is 0 Å². The van der Waals surface area contributed by atoms with Gasteiger partial charge < -0.3 is 8.83 Å². The summed E-state index contributed by atoms with van der Waals surface area (Å²) >= 11 is 1.48. The first-order valence-electron chi connectivity index (χ1n) is 15.5. The van der Waals surface area contributed by atoms with Gasteiger partial charge >= 0.3 is 11.3 Å². The molecule has 0 bridgehead atoms. The number of nitrogens with zero attached hydrogens (tertiary/aromatic N) is 2. The SMILES string of the molecule is Cc1cccc2c1ccc1cc(-c3cccc(-c4cccc(-c5ccc(-c6cc7c(ccc8ccccc87)oc6=O)s5)n4)n3)c(=O)oc12. The second-order valence-electron chi connectivity index (χ2n) is 11.7. The molecule has 7 heteroatoms. The van der Waals surface area contributed by atoms with E-state index in [-0.39, 0.29) is 5.63 Å². The highest BCUT2D eigenvalue weighted by molar-refractivity contribution is 7.18. The van der Waals surface area contributed by atoms with Gasteiger partial charge in [-0.2, -0.15) is 0 Å². The zero-order valence-electron chi connectivity index (χ0n) is 25.6. The van der Waals surface area contributed by atoms with Crippen LogP contribution >= 0.6 is 11.3 Å². The molecule has 0 fully saturated rings. The van der Waals surface area contributed by atoms with E-state index in [1.807, 2.05) is 122 Å². The molecule has 5 aromatic heterocycles. The maximum atomic E-state index is 13.3. The van der Waals surface area contributed by atoms with Gasteiger partial charge in [0.05, 0.1) is 38.8 Å². The van der Waals surface area contributed by atoms with Gasteiger partial charge in [0.1, 0.15) is 11.2 Å². The topological polar surface area (TPSA) is 86.2 Å². The summed E-state index contributed by atoms with van der Waals surface area (Å²) < 4.78 is 11.6. The van der Waals surface area contributed by atoms with Crippen LogP contribution in [0.5, 0.6) is 0 Å². The summed E-state index contributed by atoms with van der Waals surface area (Å²) in [4.78, 5) is 37.8. The van der Waals surface area contributed by atoms with Crippen LogP contribution in [0.15, 0.2) is 146 Å². The zero-order valence-corrected chi connectivity index (χ0v) is 26.4. The fourth-order valence-electron chi connectivity index (χ4n) is 6.38. The van der Waals surface area contributed by atoms with Crippen molar-refractivity contribution in [3.8, 4) is 43.7 Å². The van der Waals surface area contributed by atoms with Crippen LogP contribution in [0.25, 0.3) is 87.1 Å². The highest BCUT2D eigenvalue weighted by Gasteiger charge is 2.16. The molecule has 0 aliphatic carbocycles. The number of aromatic nitrogens is 2. The third-order valence-corrected chi connectivity index (χ3v) is 9.92. The average Bonchev–Trinajstić information content (AvgIpc) is 3.61. The van der Waals surface area contributed by atoms with E-state index in [0.717, 1.165) is 53.3 Å². The average molecular weight is 641 g/mol. The Balaban J connectivity index is 1.07. The third-order valence-electron chi connectivity index (χ3n) is 8.78. The van der Waals surface area contributed by atoms with Gasteiger partial charge in [0.25, 0.3) is 0 Å². The van der Waals surface area contributed by atoms with Crippen LogP contribution < -0.4 is 11.3 Å². The maximum Gasteiger partial charge on any atom is 0.345 e. The minimum absolute atomic E-state index is 0.379. The molecule has 0 radical (unpaired) electrons. The van der Waals surface area contributed by atoms with Gasteiger partial charge in [-0.25, -0.2) is 19.6 Å². The van der Waals surface area contributed by atoms with Crippen LogP contribution in [0.2, 0.25) is 0 Å². The largest absolute Gasteiger partial charge is 0.422 e. The Morgan fingerprint density at radius 1 is 0.500 bits per heavy atom. The zero-order chi connectivity index (χ0) is 32.4. The van der Waals surface area contributed by atoms with E-state index in [4.69, 9.17) is 18.8 Å². The van der Waals surface area contributed by atoms with Gasteiger partial charge in [-0.15, -0.1) is 11.3 Å². The molecule has 0 aliphatic heterocycles. The molecule has 228 valence electrons. The second-order valence-corrected chi connectivity index (χ2v) is 12.8. The summed E-state index contributed by atoms with van der Waals surface area (Å²) in [5.41, 5.74) is 4.87. The molecule has 0 unspecified atom stereocenters. The summed E-state index contributed by atoms with van der Waals surface area (Å²) in [5, 5.41) is 5.81. The van der Waals surface area contributed by atoms with Gasteiger partial charge in [-0.05, 0) is 83.2 Å².